The van der Waals surface area contributed by atoms with Crippen molar-refractivity contribution in [3.05, 3.63) is 58.0 Å². The number of carbonyl (C=O) groups is 1. The van der Waals surface area contributed by atoms with E-state index in [1.165, 1.54) is 11.8 Å². The Hall–Kier alpha value is -1.67. The summed E-state index contributed by atoms with van der Waals surface area (Å²) in [6.45, 7) is 3.03. The summed E-state index contributed by atoms with van der Waals surface area (Å²) in [6, 6.07) is 13.4. The van der Waals surface area contributed by atoms with E-state index < -0.39 is 0 Å². The maximum Gasteiger partial charge on any atom is 0.266 e. The molecule has 1 heterocycles. The van der Waals surface area contributed by atoms with Crippen molar-refractivity contribution in [3.63, 3.8) is 0 Å². The number of thiocarbonyl (C=S) groups is 1. The zero-order chi connectivity index (χ0) is 20.8. The molecule has 2 aromatic rings. The highest BCUT2D eigenvalue weighted by molar-refractivity contribution is 8.26. The lowest BCUT2D eigenvalue weighted by atomic mass is 10.2. The van der Waals surface area contributed by atoms with E-state index in [9.17, 15) is 4.79 Å². The molecule has 0 unspecified atom stereocenters. The summed E-state index contributed by atoms with van der Waals surface area (Å²) in [5.74, 6) is 2.04. The van der Waals surface area contributed by atoms with Crippen molar-refractivity contribution in [1.29, 1.82) is 0 Å². The molecule has 0 aliphatic carbocycles. The smallest absolute Gasteiger partial charge is 0.266 e. The molecular weight excluding hydrogens is 446 g/mol. The Morgan fingerprint density at radius 2 is 1.97 bits per heavy atom. The number of methoxy groups -OCH3 is 1. The molecule has 0 N–H and O–H groups in total. The van der Waals surface area contributed by atoms with Crippen LogP contribution in [0.15, 0.2) is 52.3 Å². The van der Waals surface area contributed by atoms with Crippen LogP contribution in [0.4, 0.5) is 0 Å². The molecule has 0 bridgehead atoms. The van der Waals surface area contributed by atoms with Gasteiger partial charge < -0.3 is 9.47 Å². The first-order chi connectivity index (χ1) is 14.0. The van der Waals surface area contributed by atoms with Crippen LogP contribution < -0.4 is 9.47 Å². The summed E-state index contributed by atoms with van der Waals surface area (Å²) in [4.78, 5) is 15.7. The summed E-state index contributed by atoms with van der Waals surface area (Å²) in [5, 5.41) is 0.729. The van der Waals surface area contributed by atoms with Crippen LogP contribution in [-0.4, -0.2) is 41.1 Å². The molecule has 1 amide bonds. The van der Waals surface area contributed by atoms with Crippen LogP contribution in [0, 0.1) is 0 Å². The van der Waals surface area contributed by atoms with Gasteiger partial charge >= 0.3 is 0 Å². The summed E-state index contributed by atoms with van der Waals surface area (Å²) in [7, 11) is 1.60. The second-order valence-electron chi connectivity index (χ2n) is 5.99. The average molecular weight is 466 g/mol. The Morgan fingerprint density at radius 1 is 1.21 bits per heavy atom. The number of thioether (sulfide) groups is 2. The third kappa shape index (κ3) is 5.69. The first-order valence-electron chi connectivity index (χ1n) is 8.96. The Labute approximate surface area is 189 Å². The van der Waals surface area contributed by atoms with Gasteiger partial charge in [-0.15, -0.1) is 11.8 Å². The van der Waals surface area contributed by atoms with Crippen LogP contribution in [0.3, 0.4) is 0 Å². The molecule has 3 rings (SSSR count). The van der Waals surface area contributed by atoms with Gasteiger partial charge in [0.1, 0.15) is 4.32 Å². The van der Waals surface area contributed by atoms with Gasteiger partial charge in [0.15, 0.2) is 11.5 Å². The molecule has 2 aromatic carbocycles. The monoisotopic (exact) mass is 465 g/mol. The minimum absolute atomic E-state index is 0.0546. The zero-order valence-corrected chi connectivity index (χ0v) is 19.2. The minimum Gasteiger partial charge on any atom is -0.493 e. The lowest BCUT2D eigenvalue weighted by Crippen LogP contribution is -2.27. The van der Waals surface area contributed by atoms with Crippen molar-refractivity contribution in [2.75, 3.05) is 26.0 Å². The van der Waals surface area contributed by atoms with Crippen LogP contribution in [0.5, 0.6) is 11.5 Å². The van der Waals surface area contributed by atoms with Crippen LogP contribution in [0.25, 0.3) is 6.08 Å². The zero-order valence-electron chi connectivity index (χ0n) is 16.0. The SMILES string of the molecule is CCN1C(=O)/C(=C/c2ccc(OCCSc3ccc(Cl)cc3)c(OC)c2)SC1=S. The molecule has 8 heteroatoms. The Morgan fingerprint density at radius 3 is 2.62 bits per heavy atom. The van der Waals surface area contributed by atoms with E-state index in [0.29, 0.717) is 33.9 Å². The van der Waals surface area contributed by atoms with Gasteiger partial charge in [-0.2, -0.15) is 0 Å². The van der Waals surface area contributed by atoms with Gasteiger partial charge in [-0.25, -0.2) is 0 Å². The summed E-state index contributed by atoms with van der Waals surface area (Å²) >= 11 is 14.2. The number of carbonyl (C=O) groups excluding carboxylic acids is 1. The molecule has 0 radical (unpaired) electrons. The second kappa shape index (κ2) is 10.4. The number of likely N-dealkylation sites (N-methyl/N-ethyl adjacent to an activating group) is 1. The maximum atomic E-state index is 12.4. The van der Waals surface area contributed by atoms with Crippen molar-refractivity contribution < 1.29 is 14.3 Å². The molecule has 4 nitrogen and oxygen atoms in total. The molecule has 1 saturated heterocycles. The lowest BCUT2D eigenvalue weighted by Gasteiger charge is -2.11. The van der Waals surface area contributed by atoms with Gasteiger partial charge in [0.05, 0.1) is 18.6 Å². The van der Waals surface area contributed by atoms with Crippen LogP contribution in [-0.2, 0) is 4.79 Å². The molecule has 29 heavy (non-hydrogen) atoms. The van der Waals surface area contributed by atoms with Crippen LogP contribution in [0.2, 0.25) is 5.02 Å². The highest BCUT2D eigenvalue weighted by atomic mass is 35.5. The van der Waals surface area contributed by atoms with Gasteiger partial charge in [-0.05, 0) is 55.0 Å². The molecule has 0 spiro atoms. The molecule has 1 fully saturated rings. The maximum absolute atomic E-state index is 12.4. The predicted octanol–water partition coefficient (Wildman–Crippen LogP) is 5.74. The highest BCUT2D eigenvalue weighted by Gasteiger charge is 2.30. The number of hydrogen-bond acceptors (Lipinski definition) is 6. The van der Waals surface area contributed by atoms with Gasteiger partial charge in [0.2, 0.25) is 0 Å². The standard InChI is InChI=1S/C21H20ClNO3S3/c1-3-23-20(24)19(29-21(23)27)13-14-4-9-17(18(12-14)25-2)26-10-11-28-16-7-5-15(22)6-8-16/h4-9,12-13H,3,10-11H2,1-2H3/b19-13-. The Bertz CT molecular complexity index is 931. The summed E-state index contributed by atoms with van der Waals surface area (Å²) in [6.07, 6.45) is 1.83. The third-order valence-electron chi connectivity index (χ3n) is 4.10. The fourth-order valence-electron chi connectivity index (χ4n) is 2.66. The van der Waals surface area contributed by atoms with Crippen molar-refractivity contribution in [1.82, 2.24) is 4.90 Å². The van der Waals surface area contributed by atoms with Gasteiger partial charge in [0.25, 0.3) is 5.91 Å². The van der Waals surface area contributed by atoms with E-state index in [-0.39, 0.29) is 5.91 Å². The van der Waals surface area contributed by atoms with E-state index in [2.05, 4.69) is 0 Å². The number of amides is 1. The number of hydrogen-bond donors (Lipinski definition) is 0. The van der Waals surface area contributed by atoms with Crippen LogP contribution in [0.1, 0.15) is 12.5 Å². The molecule has 152 valence electrons. The van der Waals surface area contributed by atoms with Crippen molar-refractivity contribution >= 4 is 63.6 Å². The topological polar surface area (TPSA) is 38.8 Å². The van der Waals surface area contributed by atoms with E-state index in [1.54, 1.807) is 23.8 Å². The number of halogens is 1. The molecule has 0 atom stereocenters. The fraction of sp³-hybridized carbons (Fsp3) is 0.238. The number of rotatable bonds is 8. The normalized spacial score (nSPS) is 15.3. The average Bonchev–Trinajstić information content (AvgIpc) is 2.99. The van der Waals surface area contributed by atoms with Gasteiger partial charge in [-0.1, -0.05) is 41.6 Å². The lowest BCUT2D eigenvalue weighted by molar-refractivity contribution is -0.121. The third-order valence-corrected chi connectivity index (χ3v) is 6.70. The fourth-order valence-corrected chi connectivity index (χ4v) is 4.90. The minimum atomic E-state index is -0.0546. The van der Waals surface area contributed by atoms with E-state index in [1.807, 2.05) is 55.5 Å². The summed E-state index contributed by atoms with van der Waals surface area (Å²) < 4.78 is 11.9. The quantitative estimate of drug-likeness (QED) is 0.214. The second-order valence-corrected chi connectivity index (χ2v) is 9.27. The summed E-state index contributed by atoms with van der Waals surface area (Å²) in [5.41, 5.74) is 0.862. The van der Waals surface area contributed by atoms with Gasteiger partial charge in [-0.3, -0.25) is 9.69 Å². The highest BCUT2D eigenvalue weighted by Crippen LogP contribution is 2.34. The molecule has 0 aromatic heterocycles. The van der Waals surface area contributed by atoms with Crippen molar-refractivity contribution in [2.24, 2.45) is 0 Å². The van der Waals surface area contributed by atoms with Crippen molar-refractivity contribution in [2.45, 2.75) is 11.8 Å². The molecule has 1 aliphatic heterocycles. The van der Waals surface area contributed by atoms with E-state index in [4.69, 9.17) is 33.3 Å². The molecule has 0 saturated carbocycles. The van der Waals surface area contributed by atoms with Gasteiger partial charge in [0, 0.05) is 22.2 Å². The Balaban J connectivity index is 1.61. The van der Waals surface area contributed by atoms with Crippen molar-refractivity contribution in [3.8, 4) is 11.5 Å². The number of ether oxygens (including phenoxy) is 2. The first-order valence-corrected chi connectivity index (χ1v) is 11.5. The first kappa shape index (κ1) is 22.0. The number of benzene rings is 2. The van der Waals surface area contributed by atoms with Crippen LogP contribution >= 0.6 is 47.3 Å². The van der Waals surface area contributed by atoms with E-state index >= 15 is 0 Å². The number of nitrogens with zero attached hydrogens (tertiary/aromatic N) is 1. The molecular formula is C21H20ClNO3S3. The van der Waals surface area contributed by atoms with E-state index in [0.717, 1.165) is 21.2 Å². The molecule has 1 aliphatic rings. The Kier molecular flexibility index (Phi) is 7.89. The predicted molar refractivity (Wildman–Crippen MR) is 126 cm³/mol. The largest absolute Gasteiger partial charge is 0.493 e.